The second-order valence-corrected chi connectivity index (χ2v) is 5.37. The molecule has 2 heterocycles. The fourth-order valence-corrected chi connectivity index (χ4v) is 2.61. The molecule has 0 saturated carbocycles. The van der Waals surface area contributed by atoms with E-state index in [1.54, 1.807) is 23.1 Å². The molecule has 0 bridgehead atoms. The van der Waals surface area contributed by atoms with E-state index >= 15 is 0 Å². The summed E-state index contributed by atoms with van der Waals surface area (Å²) >= 11 is 5.85. The van der Waals surface area contributed by atoms with Crippen LogP contribution in [0.5, 0.6) is 0 Å². The van der Waals surface area contributed by atoms with Crippen LogP contribution in [0.15, 0.2) is 22.6 Å². The molecule has 1 fully saturated rings. The summed E-state index contributed by atoms with van der Waals surface area (Å²) < 4.78 is 43.9. The third-order valence-electron chi connectivity index (χ3n) is 3.49. The van der Waals surface area contributed by atoms with Crippen LogP contribution in [0.4, 0.5) is 19.2 Å². The van der Waals surface area contributed by atoms with Crippen LogP contribution in [0.1, 0.15) is 12.8 Å². The summed E-state index contributed by atoms with van der Waals surface area (Å²) in [5.74, 6) is -1.32. The van der Waals surface area contributed by atoms with Crippen LogP contribution in [0.3, 0.4) is 0 Å². The molecule has 1 aromatic heterocycles. The third-order valence-corrected chi connectivity index (χ3v) is 3.73. The average Bonchev–Trinajstić information content (AvgIpc) is 2.81. The molecule has 0 amide bonds. The lowest BCUT2D eigenvalue weighted by atomic mass is 9.98. The zero-order valence-corrected chi connectivity index (χ0v) is 11.2. The molecule has 2 aromatic rings. The lowest BCUT2D eigenvalue weighted by Crippen LogP contribution is -2.41. The highest BCUT2D eigenvalue weighted by Gasteiger charge is 2.42. The largest absolute Gasteiger partial charge is 0.423 e. The molecular formula is C13H12ClF3N2O. The Bertz CT molecular complexity index is 626. The molecule has 3 rings (SSSR count). The van der Waals surface area contributed by atoms with Crippen LogP contribution < -0.4 is 4.90 Å². The molecule has 20 heavy (non-hydrogen) atoms. The second-order valence-electron chi connectivity index (χ2n) is 4.94. The van der Waals surface area contributed by atoms with Crippen molar-refractivity contribution < 1.29 is 17.6 Å². The molecule has 108 valence electrons. The number of hydrogen-bond acceptors (Lipinski definition) is 3. The van der Waals surface area contributed by atoms with Gasteiger partial charge in [-0.2, -0.15) is 18.2 Å². The fraction of sp³-hybridized carbons (Fsp3) is 0.462. The van der Waals surface area contributed by atoms with Crippen molar-refractivity contribution in [2.75, 3.05) is 18.0 Å². The lowest BCUT2D eigenvalue weighted by Gasteiger charge is -2.32. The van der Waals surface area contributed by atoms with E-state index in [2.05, 4.69) is 4.98 Å². The monoisotopic (exact) mass is 304 g/mol. The van der Waals surface area contributed by atoms with Crippen LogP contribution in [0, 0.1) is 5.92 Å². The second kappa shape index (κ2) is 4.84. The molecule has 7 heteroatoms. The smallest absolute Gasteiger partial charge is 0.393 e. The zero-order valence-electron chi connectivity index (χ0n) is 10.5. The Morgan fingerprint density at radius 1 is 1.35 bits per heavy atom. The Morgan fingerprint density at radius 3 is 2.90 bits per heavy atom. The molecule has 3 nitrogen and oxygen atoms in total. The van der Waals surface area contributed by atoms with Gasteiger partial charge < -0.3 is 9.32 Å². The predicted molar refractivity (Wildman–Crippen MR) is 70.0 cm³/mol. The summed E-state index contributed by atoms with van der Waals surface area (Å²) in [6, 6.07) is 5.19. The van der Waals surface area contributed by atoms with Crippen molar-refractivity contribution in [3.63, 3.8) is 0 Å². The van der Waals surface area contributed by atoms with Crippen LogP contribution in [0.2, 0.25) is 5.02 Å². The van der Waals surface area contributed by atoms with Crippen molar-refractivity contribution in [3.05, 3.63) is 23.2 Å². The summed E-state index contributed by atoms with van der Waals surface area (Å²) in [5, 5.41) is 0.518. The van der Waals surface area contributed by atoms with Crippen molar-refractivity contribution in [2.45, 2.75) is 19.0 Å². The van der Waals surface area contributed by atoms with E-state index < -0.39 is 12.1 Å². The number of alkyl halides is 3. The minimum Gasteiger partial charge on any atom is -0.423 e. The highest BCUT2D eigenvalue weighted by atomic mass is 35.5. The number of rotatable bonds is 1. The van der Waals surface area contributed by atoms with Crippen molar-refractivity contribution in [3.8, 4) is 0 Å². The zero-order chi connectivity index (χ0) is 14.3. The highest BCUT2D eigenvalue weighted by Crippen LogP contribution is 2.35. The van der Waals surface area contributed by atoms with Crippen molar-refractivity contribution in [1.82, 2.24) is 4.98 Å². The Balaban J connectivity index is 1.87. The molecule has 1 aromatic carbocycles. The molecule has 1 aliphatic heterocycles. The number of piperidine rings is 1. The molecule has 1 saturated heterocycles. The van der Waals surface area contributed by atoms with Gasteiger partial charge in [0.15, 0.2) is 5.58 Å². The topological polar surface area (TPSA) is 29.3 Å². The third kappa shape index (κ3) is 2.57. The van der Waals surface area contributed by atoms with Crippen LogP contribution in [-0.2, 0) is 0 Å². The van der Waals surface area contributed by atoms with Crippen molar-refractivity contribution in [1.29, 1.82) is 0 Å². The SMILES string of the molecule is FC(F)(F)C1CCCN(c2nc3cc(Cl)ccc3o2)C1. The quantitative estimate of drug-likeness (QED) is 0.788. The predicted octanol–water partition coefficient (Wildman–Crippen LogP) is 4.26. The van der Waals surface area contributed by atoms with Gasteiger partial charge in [-0.05, 0) is 31.0 Å². The maximum Gasteiger partial charge on any atom is 0.393 e. The van der Waals surface area contributed by atoms with E-state index in [0.717, 1.165) is 0 Å². The van der Waals surface area contributed by atoms with Gasteiger partial charge >= 0.3 is 6.18 Å². The number of anilines is 1. The number of hydrogen-bond donors (Lipinski definition) is 0. The average molecular weight is 305 g/mol. The Labute approximate surface area is 118 Å². The summed E-state index contributed by atoms with van der Waals surface area (Å²) in [6.45, 7) is 0.414. The fourth-order valence-electron chi connectivity index (χ4n) is 2.44. The van der Waals surface area contributed by atoms with Gasteiger partial charge in [0.1, 0.15) is 5.52 Å². The Hall–Kier alpha value is -1.43. The number of oxazole rings is 1. The van der Waals surface area contributed by atoms with E-state index in [9.17, 15) is 13.2 Å². The first-order valence-corrected chi connectivity index (χ1v) is 6.69. The maximum atomic E-state index is 12.8. The van der Waals surface area contributed by atoms with Gasteiger partial charge in [0.25, 0.3) is 6.01 Å². The number of nitrogens with zero attached hydrogens (tertiary/aromatic N) is 2. The molecule has 0 radical (unpaired) electrons. The first kappa shape index (κ1) is 13.5. The van der Waals surface area contributed by atoms with Gasteiger partial charge in [0, 0.05) is 18.1 Å². The van der Waals surface area contributed by atoms with Crippen molar-refractivity contribution in [2.24, 2.45) is 5.92 Å². The number of aromatic nitrogens is 1. The highest BCUT2D eigenvalue weighted by molar-refractivity contribution is 6.31. The summed E-state index contributed by atoms with van der Waals surface area (Å²) in [6.07, 6.45) is -3.54. The molecule has 0 N–H and O–H groups in total. The van der Waals surface area contributed by atoms with E-state index in [1.165, 1.54) is 0 Å². The first-order valence-electron chi connectivity index (χ1n) is 6.31. The minimum absolute atomic E-state index is 0.107. The van der Waals surface area contributed by atoms with Crippen LogP contribution in [0.25, 0.3) is 11.1 Å². The van der Waals surface area contributed by atoms with Crippen molar-refractivity contribution >= 4 is 28.7 Å². The van der Waals surface area contributed by atoms with Gasteiger partial charge in [0.2, 0.25) is 0 Å². The van der Waals surface area contributed by atoms with Gasteiger partial charge in [-0.25, -0.2) is 0 Å². The molecule has 1 aliphatic rings. The van der Waals surface area contributed by atoms with E-state index in [1.807, 2.05) is 0 Å². The van der Waals surface area contributed by atoms with E-state index in [-0.39, 0.29) is 19.0 Å². The lowest BCUT2D eigenvalue weighted by molar-refractivity contribution is -0.176. The standard InChI is InChI=1S/C13H12ClF3N2O/c14-9-3-4-11-10(6-9)18-12(20-11)19-5-1-2-8(7-19)13(15,16)17/h3-4,6,8H,1-2,5,7H2. The maximum absolute atomic E-state index is 12.8. The summed E-state index contributed by atoms with van der Waals surface area (Å²) in [4.78, 5) is 5.77. The van der Waals surface area contributed by atoms with Gasteiger partial charge in [-0.3, -0.25) is 0 Å². The summed E-state index contributed by atoms with van der Waals surface area (Å²) in [7, 11) is 0. The van der Waals surface area contributed by atoms with Gasteiger partial charge in [-0.1, -0.05) is 11.6 Å². The molecular weight excluding hydrogens is 293 g/mol. The molecule has 0 spiro atoms. The number of fused-ring (bicyclic) bond motifs is 1. The normalized spacial score (nSPS) is 20.6. The van der Waals surface area contributed by atoms with Crippen LogP contribution >= 0.6 is 11.6 Å². The Morgan fingerprint density at radius 2 is 2.15 bits per heavy atom. The number of halogens is 4. The molecule has 0 aliphatic carbocycles. The van der Waals surface area contributed by atoms with E-state index in [4.69, 9.17) is 16.0 Å². The Kier molecular flexibility index (Phi) is 3.28. The molecule has 1 unspecified atom stereocenters. The number of benzene rings is 1. The summed E-state index contributed by atoms with van der Waals surface area (Å²) in [5.41, 5.74) is 1.08. The van der Waals surface area contributed by atoms with Gasteiger partial charge in [0.05, 0.1) is 5.92 Å². The van der Waals surface area contributed by atoms with E-state index in [0.29, 0.717) is 29.1 Å². The minimum atomic E-state index is -4.17. The van der Waals surface area contributed by atoms with Gasteiger partial charge in [-0.15, -0.1) is 0 Å². The first-order chi connectivity index (χ1) is 9.43. The molecule has 1 atom stereocenters. The van der Waals surface area contributed by atoms with Crippen LogP contribution in [-0.4, -0.2) is 24.2 Å².